The van der Waals surface area contributed by atoms with Gasteiger partial charge < -0.3 is 15.4 Å². The van der Waals surface area contributed by atoms with Crippen LogP contribution in [0.4, 0.5) is 5.69 Å². The Bertz CT molecular complexity index is 650. The van der Waals surface area contributed by atoms with Crippen LogP contribution in [-0.2, 0) is 9.53 Å². The van der Waals surface area contributed by atoms with Gasteiger partial charge in [0, 0.05) is 35.6 Å². The zero-order valence-electron chi connectivity index (χ0n) is 12.5. The van der Waals surface area contributed by atoms with Gasteiger partial charge in [0.25, 0.3) is 0 Å². The first-order valence-corrected chi connectivity index (χ1v) is 8.22. The van der Waals surface area contributed by atoms with Gasteiger partial charge in [0.1, 0.15) is 0 Å². The number of carbonyl (C=O) groups excluding carboxylic acids is 1. The predicted octanol–water partition coefficient (Wildman–Crippen LogP) is 2.44. The number of anilines is 1. The van der Waals surface area contributed by atoms with Gasteiger partial charge in [-0.25, -0.2) is 4.98 Å². The average Bonchev–Trinajstić information content (AvgIpc) is 2.95. The maximum Gasteiger partial charge on any atom is 0.226 e. The Kier molecular flexibility index (Phi) is 4.82. The standard InChI is InChI=1S/C16H19N3O2S/c1-11-18-15(10-22-11)12-3-2-4-13(7-12)19-16(20)8-14-9-21-6-5-17-14/h2-4,7,10,14,17H,5-6,8-9H2,1H3,(H,19,20). The molecule has 1 aliphatic rings. The second-order valence-corrected chi connectivity index (χ2v) is 6.37. The molecule has 2 aromatic rings. The molecule has 1 aliphatic heterocycles. The maximum absolute atomic E-state index is 12.1. The van der Waals surface area contributed by atoms with Crippen LogP contribution in [0.25, 0.3) is 11.3 Å². The number of aryl methyl sites for hydroxylation is 1. The minimum absolute atomic E-state index is 0.00499. The van der Waals surface area contributed by atoms with Gasteiger partial charge in [-0.3, -0.25) is 4.79 Å². The molecule has 0 radical (unpaired) electrons. The number of carbonyl (C=O) groups is 1. The van der Waals surface area contributed by atoms with E-state index in [2.05, 4.69) is 15.6 Å². The van der Waals surface area contributed by atoms with E-state index < -0.39 is 0 Å². The first-order chi connectivity index (χ1) is 10.7. The topological polar surface area (TPSA) is 63.2 Å². The summed E-state index contributed by atoms with van der Waals surface area (Å²) in [7, 11) is 0. The predicted molar refractivity (Wildman–Crippen MR) is 88.1 cm³/mol. The molecule has 1 atom stereocenters. The van der Waals surface area contributed by atoms with Gasteiger partial charge in [0.2, 0.25) is 5.91 Å². The van der Waals surface area contributed by atoms with Crippen molar-refractivity contribution < 1.29 is 9.53 Å². The fourth-order valence-electron chi connectivity index (χ4n) is 2.44. The number of rotatable bonds is 4. The van der Waals surface area contributed by atoms with Crippen molar-refractivity contribution in [2.45, 2.75) is 19.4 Å². The van der Waals surface area contributed by atoms with Crippen molar-refractivity contribution in [1.82, 2.24) is 10.3 Å². The van der Waals surface area contributed by atoms with Crippen molar-refractivity contribution in [2.75, 3.05) is 25.1 Å². The van der Waals surface area contributed by atoms with E-state index in [9.17, 15) is 4.79 Å². The second-order valence-electron chi connectivity index (χ2n) is 5.31. The average molecular weight is 317 g/mol. The van der Waals surface area contributed by atoms with Crippen molar-refractivity contribution >= 4 is 22.9 Å². The maximum atomic E-state index is 12.1. The third kappa shape index (κ3) is 3.91. The molecule has 1 fully saturated rings. The summed E-state index contributed by atoms with van der Waals surface area (Å²) in [6.45, 7) is 4.09. The Labute approximate surface area is 133 Å². The highest BCUT2D eigenvalue weighted by Gasteiger charge is 2.17. The normalized spacial score (nSPS) is 18.1. The lowest BCUT2D eigenvalue weighted by molar-refractivity contribution is -0.117. The molecule has 1 saturated heterocycles. The van der Waals surface area contributed by atoms with Crippen LogP contribution in [0.3, 0.4) is 0 Å². The number of nitrogens with one attached hydrogen (secondary N) is 2. The Morgan fingerprint density at radius 3 is 3.18 bits per heavy atom. The molecule has 2 N–H and O–H groups in total. The fraction of sp³-hybridized carbons (Fsp3) is 0.375. The summed E-state index contributed by atoms with van der Waals surface area (Å²) in [4.78, 5) is 16.6. The summed E-state index contributed by atoms with van der Waals surface area (Å²) in [5, 5.41) is 9.29. The molecule has 1 unspecified atom stereocenters. The molecule has 0 saturated carbocycles. The lowest BCUT2D eigenvalue weighted by Gasteiger charge is -2.23. The third-order valence-corrected chi connectivity index (χ3v) is 4.26. The molecule has 3 rings (SSSR count). The molecule has 6 heteroatoms. The SMILES string of the molecule is Cc1nc(-c2cccc(NC(=O)CC3COCCN3)c2)cs1. The highest BCUT2D eigenvalue weighted by molar-refractivity contribution is 7.09. The van der Waals surface area contributed by atoms with Gasteiger partial charge in [0.05, 0.1) is 23.9 Å². The number of hydrogen-bond acceptors (Lipinski definition) is 5. The molecule has 5 nitrogen and oxygen atoms in total. The first-order valence-electron chi connectivity index (χ1n) is 7.34. The Morgan fingerprint density at radius 2 is 2.45 bits per heavy atom. The molecule has 1 aromatic carbocycles. The Balaban J connectivity index is 1.63. The molecule has 2 heterocycles. The number of aromatic nitrogens is 1. The number of ether oxygens (including phenoxy) is 1. The van der Waals surface area contributed by atoms with E-state index in [4.69, 9.17) is 4.74 Å². The van der Waals surface area contributed by atoms with Gasteiger partial charge in [-0.2, -0.15) is 0 Å². The van der Waals surface area contributed by atoms with Crippen molar-refractivity contribution in [2.24, 2.45) is 0 Å². The van der Waals surface area contributed by atoms with Crippen LogP contribution in [0.15, 0.2) is 29.6 Å². The van der Waals surface area contributed by atoms with E-state index in [0.29, 0.717) is 19.6 Å². The minimum Gasteiger partial charge on any atom is -0.378 e. The smallest absolute Gasteiger partial charge is 0.226 e. The molecular formula is C16H19N3O2S. The van der Waals surface area contributed by atoms with E-state index in [1.54, 1.807) is 11.3 Å². The molecule has 0 bridgehead atoms. The quantitative estimate of drug-likeness (QED) is 0.909. The van der Waals surface area contributed by atoms with E-state index in [0.717, 1.165) is 28.5 Å². The van der Waals surface area contributed by atoms with Crippen LogP contribution in [0.1, 0.15) is 11.4 Å². The van der Waals surface area contributed by atoms with Crippen LogP contribution >= 0.6 is 11.3 Å². The molecule has 22 heavy (non-hydrogen) atoms. The number of morpholine rings is 1. The van der Waals surface area contributed by atoms with E-state index in [1.807, 2.05) is 36.6 Å². The van der Waals surface area contributed by atoms with Crippen molar-refractivity contribution in [1.29, 1.82) is 0 Å². The summed E-state index contributed by atoms with van der Waals surface area (Å²) >= 11 is 1.62. The molecule has 116 valence electrons. The van der Waals surface area contributed by atoms with Crippen LogP contribution in [0.2, 0.25) is 0 Å². The first kappa shape index (κ1) is 15.1. The Morgan fingerprint density at radius 1 is 1.55 bits per heavy atom. The van der Waals surface area contributed by atoms with Crippen molar-refractivity contribution in [3.05, 3.63) is 34.7 Å². The molecular weight excluding hydrogens is 298 g/mol. The molecule has 0 spiro atoms. The fourth-order valence-corrected chi connectivity index (χ4v) is 3.06. The summed E-state index contributed by atoms with van der Waals surface area (Å²) in [6, 6.07) is 7.88. The van der Waals surface area contributed by atoms with Crippen molar-refractivity contribution in [3.63, 3.8) is 0 Å². The Hall–Kier alpha value is -1.76. The number of amides is 1. The van der Waals surface area contributed by atoms with E-state index in [1.165, 1.54) is 0 Å². The summed E-state index contributed by atoms with van der Waals surface area (Å²) in [6.07, 6.45) is 0.417. The second kappa shape index (κ2) is 7.00. The number of nitrogens with zero attached hydrogens (tertiary/aromatic N) is 1. The van der Waals surface area contributed by atoms with Crippen LogP contribution in [0.5, 0.6) is 0 Å². The number of benzene rings is 1. The molecule has 1 amide bonds. The lowest BCUT2D eigenvalue weighted by Crippen LogP contribution is -2.43. The van der Waals surface area contributed by atoms with Crippen molar-refractivity contribution in [3.8, 4) is 11.3 Å². The largest absolute Gasteiger partial charge is 0.378 e. The van der Waals surface area contributed by atoms with Crippen LogP contribution in [-0.4, -0.2) is 36.7 Å². The summed E-state index contributed by atoms with van der Waals surface area (Å²) in [5.41, 5.74) is 2.76. The number of thiazole rings is 1. The monoisotopic (exact) mass is 317 g/mol. The van der Waals surface area contributed by atoms with Gasteiger partial charge in [-0.1, -0.05) is 12.1 Å². The minimum atomic E-state index is -0.00499. The summed E-state index contributed by atoms with van der Waals surface area (Å²) < 4.78 is 5.36. The van der Waals surface area contributed by atoms with Gasteiger partial charge in [-0.05, 0) is 19.1 Å². The highest BCUT2D eigenvalue weighted by atomic mass is 32.1. The van der Waals surface area contributed by atoms with Gasteiger partial charge in [0.15, 0.2) is 0 Å². The molecule has 0 aliphatic carbocycles. The van der Waals surface area contributed by atoms with Crippen LogP contribution < -0.4 is 10.6 Å². The molecule has 1 aromatic heterocycles. The highest BCUT2D eigenvalue weighted by Crippen LogP contribution is 2.24. The lowest BCUT2D eigenvalue weighted by atomic mass is 10.1. The number of hydrogen-bond donors (Lipinski definition) is 2. The zero-order chi connectivity index (χ0) is 15.4. The summed E-state index contributed by atoms with van der Waals surface area (Å²) in [5.74, 6) is -0.00499. The van der Waals surface area contributed by atoms with E-state index >= 15 is 0 Å². The van der Waals surface area contributed by atoms with E-state index in [-0.39, 0.29) is 11.9 Å². The van der Waals surface area contributed by atoms with Crippen LogP contribution in [0, 0.1) is 6.92 Å². The zero-order valence-corrected chi connectivity index (χ0v) is 13.3. The van der Waals surface area contributed by atoms with Gasteiger partial charge >= 0.3 is 0 Å². The van der Waals surface area contributed by atoms with Gasteiger partial charge in [-0.15, -0.1) is 11.3 Å². The third-order valence-electron chi connectivity index (χ3n) is 3.49.